The van der Waals surface area contributed by atoms with Gasteiger partial charge in [-0.25, -0.2) is 0 Å². The van der Waals surface area contributed by atoms with Crippen molar-refractivity contribution in [2.45, 2.75) is 13.0 Å². The van der Waals surface area contributed by atoms with Gasteiger partial charge in [0.05, 0.1) is 0 Å². The van der Waals surface area contributed by atoms with E-state index in [0.717, 1.165) is 12.1 Å². The second kappa shape index (κ2) is 4.91. The number of ether oxygens (including phenoxy) is 2. The second-order valence-corrected chi connectivity index (χ2v) is 3.57. The van der Waals surface area contributed by atoms with Crippen molar-refractivity contribution in [2.24, 2.45) is 0 Å². The van der Waals surface area contributed by atoms with E-state index in [2.05, 4.69) is 9.47 Å². The van der Waals surface area contributed by atoms with Gasteiger partial charge in [0.25, 0.3) is 0 Å². The summed E-state index contributed by atoms with van der Waals surface area (Å²) in [7, 11) is 0. The predicted octanol–water partition coefficient (Wildman–Crippen LogP) is 4.34. The Morgan fingerprint density at radius 2 is 1.74 bits per heavy atom. The van der Waals surface area contributed by atoms with Crippen molar-refractivity contribution in [3.05, 3.63) is 36.4 Å². The summed E-state index contributed by atoms with van der Waals surface area (Å²) in [6, 6.07) is 7.69. The molecule has 0 atom stereocenters. The van der Waals surface area contributed by atoms with Crippen LogP contribution >= 0.6 is 0 Å². The summed E-state index contributed by atoms with van der Waals surface area (Å²) >= 11 is 0. The fourth-order valence-corrected chi connectivity index (χ4v) is 1.61. The molecule has 7 heteroatoms. The van der Waals surface area contributed by atoms with Crippen LogP contribution < -0.4 is 9.47 Å². The Morgan fingerprint density at radius 3 is 2.37 bits per heavy atom. The van der Waals surface area contributed by atoms with Crippen LogP contribution in [0.5, 0.6) is 11.5 Å². The van der Waals surface area contributed by atoms with E-state index in [1.54, 1.807) is 0 Å². The molecule has 2 nitrogen and oxygen atoms in total. The van der Waals surface area contributed by atoms with Crippen molar-refractivity contribution in [2.75, 3.05) is 0 Å². The number of hydrogen-bond acceptors (Lipinski definition) is 2. The van der Waals surface area contributed by atoms with E-state index in [1.165, 1.54) is 24.3 Å². The molecule has 0 saturated carbocycles. The van der Waals surface area contributed by atoms with Crippen LogP contribution in [0.3, 0.4) is 0 Å². The third-order valence-corrected chi connectivity index (χ3v) is 2.26. The maximum absolute atomic E-state index is 12.2. The van der Waals surface area contributed by atoms with E-state index in [4.69, 9.17) is 0 Å². The summed E-state index contributed by atoms with van der Waals surface area (Å²) in [5.74, 6) is -0.703. The highest BCUT2D eigenvalue weighted by atomic mass is 19.4. The van der Waals surface area contributed by atoms with E-state index >= 15 is 0 Å². The van der Waals surface area contributed by atoms with Crippen molar-refractivity contribution in [1.29, 1.82) is 0 Å². The van der Waals surface area contributed by atoms with Crippen molar-refractivity contribution in [3.8, 4) is 11.5 Å². The number of rotatable bonds is 3. The predicted molar refractivity (Wildman–Crippen MR) is 57.3 cm³/mol. The molecule has 0 aromatic heterocycles. The molecule has 0 radical (unpaired) electrons. The molecular formula is C12H7F5O2. The average Bonchev–Trinajstić information content (AvgIpc) is 2.27. The largest absolute Gasteiger partial charge is 0.573 e. The molecule has 2 aromatic rings. The lowest BCUT2D eigenvalue weighted by Gasteiger charge is -2.12. The zero-order chi connectivity index (χ0) is 14.0. The quantitative estimate of drug-likeness (QED) is 0.777. The van der Waals surface area contributed by atoms with Crippen LogP contribution in [0.25, 0.3) is 10.8 Å². The fourth-order valence-electron chi connectivity index (χ4n) is 1.61. The highest BCUT2D eigenvalue weighted by Crippen LogP contribution is 2.33. The van der Waals surface area contributed by atoms with Gasteiger partial charge in [-0.3, -0.25) is 0 Å². The van der Waals surface area contributed by atoms with Crippen LogP contribution in [0.4, 0.5) is 22.0 Å². The smallest absolute Gasteiger partial charge is 0.435 e. The SMILES string of the molecule is FC(F)Oc1ccc2cccc(OC(F)(F)F)c2c1. The summed E-state index contributed by atoms with van der Waals surface area (Å²) in [5, 5.41) is 0.460. The van der Waals surface area contributed by atoms with Gasteiger partial charge in [0, 0.05) is 5.39 Å². The first-order chi connectivity index (χ1) is 8.85. The van der Waals surface area contributed by atoms with E-state index in [9.17, 15) is 22.0 Å². The first kappa shape index (κ1) is 13.4. The molecule has 0 aliphatic rings. The Hall–Kier alpha value is -2.05. The molecule has 0 bridgehead atoms. The summed E-state index contributed by atoms with van der Waals surface area (Å²) < 4.78 is 68.7. The first-order valence-electron chi connectivity index (χ1n) is 5.08. The van der Waals surface area contributed by atoms with Crippen LogP contribution in [0.15, 0.2) is 36.4 Å². The van der Waals surface area contributed by atoms with Gasteiger partial charge in [0.15, 0.2) is 0 Å². The Morgan fingerprint density at radius 1 is 1.00 bits per heavy atom. The summed E-state index contributed by atoms with van der Waals surface area (Å²) in [4.78, 5) is 0. The van der Waals surface area contributed by atoms with Crippen molar-refractivity contribution in [1.82, 2.24) is 0 Å². The van der Waals surface area contributed by atoms with E-state index in [0.29, 0.717) is 5.39 Å². The average molecular weight is 278 g/mol. The number of hydrogen-bond donors (Lipinski definition) is 0. The minimum Gasteiger partial charge on any atom is -0.435 e. The number of alkyl halides is 5. The van der Waals surface area contributed by atoms with Gasteiger partial charge < -0.3 is 9.47 Å². The molecule has 102 valence electrons. The molecule has 0 N–H and O–H groups in total. The maximum atomic E-state index is 12.2. The highest BCUT2D eigenvalue weighted by molar-refractivity contribution is 5.89. The third-order valence-electron chi connectivity index (χ3n) is 2.26. The second-order valence-electron chi connectivity index (χ2n) is 3.57. The van der Waals surface area contributed by atoms with Crippen LogP contribution in [0.1, 0.15) is 0 Å². The van der Waals surface area contributed by atoms with Crippen molar-refractivity contribution >= 4 is 10.8 Å². The van der Waals surface area contributed by atoms with Gasteiger partial charge in [0.2, 0.25) is 0 Å². The Bertz CT molecular complexity index is 580. The fraction of sp³-hybridized carbons (Fsp3) is 0.167. The van der Waals surface area contributed by atoms with E-state index < -0.39 is 18.7 Å². The van der Waals surface area contributed by atoms with Gasteiger partial charge in [-0.15, -0.1) is 13.2 Å². The topological polar surface area (TPSA) is 18.5 Å². The number of benzene rings is 2. The molecule has 2 aromatic carbocycles. The van der Waals surface area contributed by atoms with Gasteiger partial charge in [-0.1, -0.05) is 18.2 Å². The normalized spacial score (nSPS) is 11.9. The summed E-state index contributed by atoms with van der Waals surface area (Å²) in [6.07, 6.45) is -4.85. The zero-order valence-electron chi connectivity index (χ0n) is 9.25. The van der Waals surface area contributed by atoms with Crippen LogP contribution in [-0.4, -0.2) is 13.0 Å². The lowest BCUT2D eigenvalue weighted by atomic mass is 10.1. The minimum atomic E-state index is -4.85. The molecule has 0 aliphatic heterocycles. The Kier molecular flexibility index (Phi) is 3.46. The standard InChI is InChI=1S/C12H7F5O2/c13-11(14)18-8-5-4-7-2-1-3-10(9(7)6-8)19-12(15,16)17/h1-6,11H. The zero-order valence-corrected chi connectivity index (χ0v) is 9.25. The molecule has 2 rings (SSSR count). The summed E-state index contributed by atoms with van der Waals surface area (Å²) in [5.41, 5.74) is 0. The molecule has 0 spiro atoms. The van der Waals surface area contributed by atoms with Gasteiger partial charge in [-0.2, -0.15) is 8.78 Å². The lowest BCUT2D eigenvalue weighted by Crippen LogP contribution is -2.17. The Balaban J connectivity index is 2.46. The minimum absolute atomic E-state index is 0.0398. The first-order valence-corrected chi connectivity index (χ1v) is 5.08. The molecule has 0 saturated heterocycles. The number of halogens is 5. The highest BCUT2D eigenvalue weighted by Gasteiger charge is 2.31. The van der Waals surface area contributed by atoms with Crippen molar-refractivity contribution < 1.29 is 31.4 Å². The molecule has 0 unspecified atom stereocenters. The van der Waals surface area contributed by atoms with Crippen LogP contribution in [0.2, 0.25) is 0 Å². The Labute approximate surface area is 104 Å². The van der Waals surface area contributed by atoms with Crippen LogP contribution in [-0.2, 0) is 0 Å². The van der Waals surface area contributed by atoms with Gasteiger partial charge in [-0.05, 0) is 23.6 Å². The molecule has 0 aliphatic carbocycles. The third kappa shape index (κ3) is 3.46. The van der Waals surface area contributed by atoms with Crippen LogP contribution in [0, 0.1) is 0 Å². The van der Waals surface area contributed by atoms with E-state index in [1.807, 2.05) is 0 Å². The molecule has 0 heterocycles. The van der Waals surface area contributed by atoms with Crippen molar-refractivity contribution in [3.63, 3.8) is 0 Å². The molecule has 19 heavy (non-hydrogen) atoms. The van der Waals surface area contributed by atoms with E-state index in [-0.39, 0.29) is 11.1 Å². The lowest BCUT2D eigenvalue weighted by molar-refractivity contribution is -0.274. The van der Waals surface area contributed by atoms with Gasteiger partial charge in [0.1, 0.15) is 11.5 Å². The maximum Gasteiger partial charge on any atom is 0.573 e. The molecule has 0 fully saturated rings. The molecular weight excluding hydrogens is 271 g/mol. The van der Waals surface area contributed by atoms with Gasteiger partial charge >= 0.3 is 13.0 Å². The monoisotopic (exact) mass is 278 g/mol. The summed E-state index contributed by atoms with van der Waals surface area (Å²) in [6.45, 7) is -3.05. The molecule has 0 amide bonds. The number of fused-ring (bicyclic) bond motifs is 1.